The van der Waals surface area contributed by atoms with Gasteiger partial charge >= 0.3 is 0 Å². The zero-order chi connectivity index (χ0) is 19.6. The monoisotopic (exact) mass is 376 g/mol. The fraction of sp³-hybridized carbons (Fsp3) is 0.217. The highest BCUT2D eigenvalue weighted by Crippen LogP contribution is 2.25. The topological polar surface area (TPSA) is 52.9 Å². The molecule has 0 saturated heterocycles. The zero-order valence-corrected chi connectivity index (χ0v) is 16.2. The first-order chi connectivity index (χ1) is 13.8. The summed E-state index contributed by atoms with van der Waals surface area (Å²) >= 11 is 0. The molecule has 0 N–H and O–H groups in total. The minimum atomic E-state index is 0.355. The van der Waals surface area contributed by atoms with Gasteiger partial charge in [-0.1, -0.05) is 54.5 Å². The van der Waals surface area contributed by atoms with Crippen molar-refractivity contribution in [2.45, 2.75) is 13.3 Å². The first kappa shape index (κ1) is 19.4. The molecule has 0 bridgehead atoms. The molecule has 0 aliphatic heterocycles. The second kappa shape index (κ2) is 10.1. The molecular formula is C23H24N2O3. The highest BCUT2D eigenvalue weighted by Gasteiger charge is 2.05. The minimum absolute atomic E-state index is 0.355. The Morgan fingerprint density at radius 3 is 2.32 bits per heavy atom. The van der Waals surface area contributed by atoms with Crippen molar-refractivity contribution in [2.75, 3.05) is 20.3 Å². The summed E-state index contributed by atoms with van der Waals surface area (Å²) in [5, 5.41) is 4.28. The summed E-state index contributed by atoms with van der Waals surface area (Å²) in [6.07, 6.45) is 2.57. The number of pyridine rings is 1. The van der Waals surface area contributed by atoms with Gasteiger partial charge in [0.2, 0.25) is 0 Å². The van der Waals surface area contributed by atoms with Gasteiger partial charge in [-0.3, -0.25) is 4.98 Å². The van der Waals surface area contributed by atoms with Crippen molar-refractivity contribution in [1.29, 1.82) is 0 Å². The van der Waals surface area contributed by atoms with E-state index >= 15 is 0 Å². The van der Waals surface area contributed by atoms with Gasteiger partial charge in [0, 0.05) is 11.8 Å². The second-order valence-corrected chi connectivity index (χ2v) is 6.02. The Bertz CT molecular complexity index is 893. The van der Waals surface area contributed by atoms with Gasteiger partial charge in [0.25, 0.3) is 0 Å². The van der Waals surface area contributed by atoms with Crippen LogP contribution in [-0.2, 0) is 4.84 Å². The number of aromatic nitrogens is 1. The van der Waals surface area contributed by atoms with E-state index in [-0.39, 0.29) is 0 Å². The highest BCUT2D eigenvalue weighted by molar-refractivity contribution is 6.00. The van der Waals surface area contributed by atoms with E-state index in [1.165, 1.54) is 0 Å². The fourth-order valence-corrected chi connectivity index (χ4v) is 2.74. The molecule has 0 radical (unpaired) electrons. The molecule has 0 aliphatic carbocycles. The third kappa shape index (κ3) is 5.10. The summed E-state index contributed by atoms with van der Waals surface area (Å²) in [6.45, 7) is 2.80. The van der Waals surface area contributed by atoms with Gasteiger partial charge in [0.15, 0.2) is 18.1 Å². The van der Waals surface area contributed by atoms with Crippen LogP contribution in [0.1, 0.15) is 18.9 Å². The summed E-state index contributed by atoms with van der Waals surface area (Å²) in [4.78, 5) is 9.83. The van der Waals surface area contributed by atoms with E-state index in [0.717, 1.165) is 29.0 Å². The van der Waals surface area contributed by atoms with Crippen LogP contribution in [0.2, 0.25) is 0 Å². The Labute approximate surface area is 165 Å². The molecule has 0 unspecified atom stereocenters. The third-order valence-corrected chi connectivity index (χ3v) is 4.19. The van der Waals surface area contributed by atoms with Crippen LogP contribution in [0, 0.1) is 0 Å². The average Bonchev–Trinajstić information content (AvgIpc) is 2.77. The number of hydrogen-bond acceptors (Lipinski definition) is 5. The van der Waals surface area contributed by atoms with Gasteiger partial charge in [-0.2, -0.15) is 0 Å². The molecule has 28 heavy (non-hydrogen) atoms. The summed E-state index contributed by atoms with van der Waals surface area (Å²) in [7, 11) is 1.62. The van der Waals surface area contributed by atoms with Crippen LogP contribution in [-0.4, -0.2) is 31.0 Å². The largest absolute Gasteiger partial charge is 0.493 e. The molecule has 5 nitrogen and oxygen atoms in total. The van der Waals surface area contributed by atoms with E-state index in [0.29, 0.717) is 24.7 Å². The molecule has 144 valence electrons. The lowest BCUT2D eigenvalue weighted by atomic mass is 10.0. The molecule has 0 fully saturated rings. The first-order valence-electron chi connectivity index (χ1n) is 9.28. The van der Waals surface area contributed by atoms with Crippen molar-refractivity contribution >= 4 is 5.71 Å². The molecule has 3 aromatic rings. The maximum absolute atomic E-state index is 5.69. The van der Waals surface area contributed by atoms with Crippen molar-refractivity contribution < 1.29 is 14.3 Å². The van der Waals surface area contributed by atoms with Crippen LogP contribution in [0.25, 0.3) is 11.3 Å². The number of nitrogens with zero attached hydrogens (tertiary/aromatic N) is 2. The SMILES string of the molecule is CC/C(=N\OCCOc1ccccc1OC)c1ccc(-c2ccccn2)cc1. The van der Waals surface area contributed by atoms with Crippen molar-refractivity contribution in [2.24, 2.45) is 5.16 Å². The average molecular weight is 376 g/mol. The molecule has 2 aromatic carbocycles. The summed E-state index contributed by atoms with van der Waals surface area (Å²) < 4.78 is 10.9. The maximum Gasteiger partial charge on any atom is 0.161 e. The zero-order valence-electron chi connectivity index (χ0n) is 16.2. The number of para-hydroxylation sites is 2. The van der Waals surface area contributed by atoms with E-state index in [2.05, 4.69) is 17.1 Å². The first-order valence-corrected chi connectivity index (χ1v) is 9.28. The van der Waals surface area contributed by atoms with Gasteiger partial charge in [-0.25, -0.2) is 0 Å². The van der Waals surface area contributed by atoms with E-state index in [9.17, 15) is 0 Å². The Hall–Kier alpha value is -3.34. The van der Waals surface area contributed by atoms with Gasteiger partial charge in [-0.15, -0.1) is 0 Å². The molecule has 0 atom stereocenters. The summed E-state index contributed by atoms with van der Waals surface area (Å²) in [5.41, 5.74) is 3.96. The predicted octanol–water partition coefficient (Wildman–Crippen LogP) is 4.97. The molecule has 1 heterocycles. The van der Waals surface area contributed by atoms with Gasteiger partial charge < -0.3 is 14.3 Å². The van der Waals surface area contributed by atoms with Gasteiger partial charge in [0.05, 0.1) is 18.5 Å². The van der Waals surface area contributed by atoms with Crippen molar-refractivity contribution in [3.63, 3.8) is 0 Å². The van der Waals surface area contributed by atoms with Gasteiger partial charge in [-0.05, 0) is 36.2 Å². The van der Waals surface area contributed by atoms with Crippen molar-refractivity contribution in [3.8, 4) is 22.8 Å². The normalized spacial score (nSPS) is 11.1. The van der Waals surface area contributed by atoms with Gasteiger partial charge in [0.1, 0.15) is 6.61 Å². The van der Waals surface area contributed by atoms with Crippen LogP contribution < -0.4 is 9.47 Å². The lowest BCUT2D eigenvalue weighted by molar-refractivity contribution is 0.105. The summed E-state index contributed by atoms with van der Waals surface area (Å²) in [5.74, 6) is 1.40. The molecule has 0 saturated carbocycles. The predicted molar refractivity (Wildman–Crippen MR) is 111 cm³/mol. The lowest BCUT2D eigenvalue weighted by Crippen LogP contribution is -2.07. The number of rotatable bonds is 9. The second-order valence-electron chi connectivity index (χ2n) is 6.02. The molecule has 0 aliphatic rings. The van der Waals surface area contributed by atoms with E-state index in [1.54, 1.807) is 13.3 Å². The fourth-order valence-electron chi connectivity index (χ4n) is 2.74. The Kier molecular flexibility index (Phi) is 7.01. The third-order valence-electron chi connectivity index (χ3n) is 4.19. The highest BCUT2D eigenvalue weighted by atomic mass is 16.6. The molecule has 0 amide bonds. The molecule has 1 aromatic heterocycles. The van der Waals surface area contributed by atoms with E-state index in [4.69, 9.17) is 14.3 Å². The number of ether oxygens (including phenoxy) is 2. The number of benzene rings is 2. The Morgan fingerprint density at radius 2 is 1.64 bits per heavy atom. The lowest BCUT2D eigenvalue weighted by Gasteiger charge is -2.10. The maximum atomic E-state index is 5.69. The quantitative estimate of drug-likeness (QED) is 0.301. The van der Waals surface area contributed by atoms with Crippen LogP contribution in [0.5, 0.6) is 11.5 Å². The minimum Gasteiger partial charge on any atom is -0.493 e. The molecule has 5 heteroatoms. The van der Waals surface area contributed by atoms with Crippen LogP contribution in [0.4, 0.5) is 0 Å². The number of hydrogen-bond donors (Lipinski definition) is 0. The van der Waals surface area contributed by atoms with E-state index < -0.39 is 0 Å². The van der Waals surface area contributed by atoms with Crippen LogP contribution in [0.15, 0.2) is 78.1 Å². The van der Waals surface area contributed by atoms with Crippen molar-refractivity contribution in [1.82, 2.24) is 4.98 Å². The smallest absolute Gasteiger partial charge is 0.161 e. The molecular weight excluding hydrogens is 352 g/mol. The Morgan fingerprint density at radius 1 is 0.893 bits per heavy atom. The molecule has 0 spiro atoms. The standard InChI is InChI=1S/C23H24N2O3/c1-3-20(18-11-13-19(14-12-18)21-8-6-7-15-24-21)25-28-17-16-27-23-10-5-4-9-22(23)26-2/h4-15H,3,16-17H2,1-2H3/b25-20+. The van der Waals surface area contributed by atoms with E-state index in [1.807, 2.05) is 66.7 Å². The molecule has 3 rings (SSSR count). The Balaban J connectivity index is 1.55. The number of methoxy groups -OCH3 is 1. The summed E-state index contributed by atoms with van der Waals surface area (Å²) in [6, 6.07) is 21.6. The van der Waals surface area contributed by atoms with Crippen LogP contribution >= 0.6 is 0 Å². The number of oxime groups is 1. The van der Waals surface area contributed by atoms with Crippen molar-refractivity contribution in [3.05, 3.63) is 78.5 Å². The van der Waals surface area contributed by atoms with Crippen LogP contribution in [0.3, 0.4) is 0 Å².